The maximum absolute atomic E-state index is 8.55. The molecular formula is C56H49N3O. The van der Waals surface area contributed by atoms with Crippen molar-refractivity contribution in [3.63, 3.8) is 0 Å². The van der Waals surface area contributed by atoms with Crippen molar-refractivity contribution in [2.24, 2.45) is 0 Å². The molecule has 0 aliphatic heterocycles. The summed E-state index contributed by atoms with van der Waals surface area (Å²) in [6, 6.07) is 56.1. The SMILES string of the molecule is [2H]C([2H])([2H])c1cc(-c2ccccc2)cc(-n2c(-c3cc(C)cc(C)c3OC)nc3c(-c4cc(-c5cc(-c6ccc(-c7ccccc7)cc6)ccn5)cc(C(C)(C)C)c4)cccc32)c1. The number of pyridine rings is 1. The minimum absolute atomic E-state index is 0.177. The van der Waals surface area contributed by atoms with Crippen molar-refractivity contribution >= 4 is 11.0 Å². The van der Waals surface area contributed by atoms with Crippen molar-refractivity contribution in [1.82, 2.24) is 14.5 Å². The Balaban J connectivity index is 1.25. The fraction of sp³-hybridized carbons (Fsp3) is 0.143. The van der Waals surface area contributed by atoms with Crippen LogP contribution in [-0.4, -0.2) is 21.6 Å². The van der Waals surface area contributed by atoms with Crippen LogP contribution < -0.4 is 4.74 Å². The largest absolute Gasteiger partial charge is 0.496 e. The van der Waals surface area contributed by atoms with Gasteiger partial charge in [0, 0.05) is 27.1 Å². The van der Waals surface area contributed by atoms with Crippen molar-refractivity contribution in [2.75, 3.05) is 7.11 Å². The maximum atomic E-state index is 8.55. The predicted molar refractivity (Wildman–Crippen MR) is 251 cm³/mol. The van der Waals surface area contributed by atoms with Crippen LogP contribution in [0, 0.1) is 20.7 Å². The first kappa shape index (κ1) is 35.0. The van der Waals surface area contributed by atoms with Gasteiger partial charge in [-0.2, -0.15) is 0 Å². The Hall–Kier alpha value is -7.04. The number of ether oxygens (including phenoxy) is 1. The summed E-state index contributed by atoms with van der Waals surface area (Å²) in [7, 11) is 1.69. The maximum Gasteiger partial charge on any atom is 0.149 e. The molecule has 4 nitrogen and oxygen atoms in total. The second-order valence-corrected chi connectivity index (χ2v) is 16.7. The minimum Gasteiger partial charge on any atom is -0.496 e. The predicted octanol–water partition coefficient (Wildman–Crippen LogP) is 14.7. The van der Waals surface area contributed by atoms with Crippen LogP contribution in [-0.2, 0) is 5.41 Å². The Morgan fingerprint density at radius 2 is 1.22 bits per heavy atom. The summed E-state index contributed by atoms with van der Waals surface area (Å²) in [6.07, 6.45) is 1.89. The Kier molecular flexibility index (Phi) is 9.10. The normalized spacial score (nSPS) is 12.5. The molecule has 4 heteroatoms. The van der Waals surface area contributed by atoms with Gasteiger partial charge in [0.25, 0.3) is 0 Å². The number of nitrogens with zero attached hydrogens (tertiary/aromatic N) is 3. The number of benzene rings is 7. The topological polar surface area (TPSA) is 39.9 Å². The van der Waals surface area contributed by atoms with Gasteiger partial charge in [-0.1, -0.05) is 136 Å². The summed E-state index contributed by atoms with van der Waals surface area (Å²) in [6.45, 7) is 8.46. The lowest BCUT2D eigenvalue weighted by Gasteiger charge is -2.22. The second-order valence-electron chi connectivity index (χ2n) is 16.7. The highest BCUT2D eigenvalue weighted by atomic mass is 16.5. The van der Waals surface area contributed by atoms with Gasteiger partial charge in [-0.15, -0.1) is 0 Å². The standard InChI is InChI=1S/C56H49N3O/c1-36-27-38(3)54(60-7)50(30-36)55-58-53-49(19-14-20-52(53)59(55)48-29-37(2)28-44(34-48)40-17-12-9-13-18-40)45-31-46(33-47(32-45)56(4,5)6)51-35-43(25-26-57-51)42-23-21-41(22-24-42)39-15-10-8-11-16-39/h8-35H,1-7H3/i2D3. The van der Waals surface area contributed by atoms with Crippen LogP contribution >= 0.6 is 0 Å². The van der Waals surface area contributed by atoms with Gasteiger partial charge in [-0.25, -0.2) is 4.98 Å². The first-order valence-electron chi connectivity index (χ1n) is 21.9. The molecule has 0 N–H and O–H groups in total. The third-order valence-corrected chi connectivity index (χ3v) is 11.3. The van der Waals surface area contributed by atoms with Crippen LogP contribution in [0.25, 0.3) is 83.9 Å². The van der Waals surface area contributed by atoms with Gasteiger partial charge in [-0.3, -0.25) is 9.55 Å². The highest BCUT2D eigenvalue weighted by Gasteiger charge is 2.24. The number of aryl methyl sites for hydroxylation is 3. The van der Waals surface area contributed by atoms with Crippen LogP contribution in [0.2, 0.25) is 0 Å². The molecule has 2 aromatic heterocycles. The van der Waals surface area contributed by atoms with Crippen molar-refractivity contribution in [3.05, 3.63) is 192 Å². The zero-order valence-electron chi connectivity index (χ0n) is 37.9. The van der Waals surface area contributed by atoms with E-state index in [2.05, 4.69) is 148 Å². The van der Waals surface area contributed by atoms with Gasteiger partial charge in [-0.05, 0) is 136 Å². The molecule has 0 saturated heterocycles. The quantitative estimate of drug-likeness (QED) is 0.154. The molecule has 0 fully saturated rings. The molecule has 0 unspecified atom stereocenters. The molecule has 0 amide bonds. The zero-order chi connectivity index (χ0) is 44.0. The van der Waals surface area contributed by atoms with Crippen molar-refractivity contribution in [1.29, 1.82) is 0 Å². The van der Waals surface area contributed by atoms with Crippen LogP contribution in [0.15, 0.2) is 170 Å². The number of hydrogen-bond donors (Lipinski definition) is 0. The number of imidazole rings is 1. The molecule has 0 spiro atoms. The van der Waals surface area contributed by atoms with E-state index in [9.17, 15) is 0 Å². The Labute approximate surface area is 358 Å². The molecule has 0 atom stereocenters. The average molecular weight is 783 g/mol. The molecule has 2 heterocycles. The Morgan fingerprint density at radius 3 is 1.90 bits per heavy atom. The summed E-state index contributed by atoms with van der Waals surface area (Å²) >= 11 is 0. The molecule has 294 valence electrons. The lowest BCUT2D eigenvalue weighted by molar-refractivity contribution is 0.413. The van der Waals surface area contributed by atoms with Gasteiger partial charge in [0.05, 0.1) is 29.4 Å². The average Bonchev–Trinajstić information content (AvgIpc) is 3.69. The van der Waals surface area contributed by atoms with Crippen LogP contribution in [0.4, 0.5) is 0 Å². The second kappa shape index (κ2) is 15.6. The van der Waals surface area contributed by atoms with E-state index in [1.165, 1.54) is 16.7 Å². The summed E-state index contributed by atoms with van der Waals surface area (Å²) in [5, 5.41) is 0. The monoisotopic (exact) mass is 782 g/mol. The molecule has 9 rings (SSSR count). The Morgan fingerprint density at radius 1 is 0.550 bits per heavy atom. The molecule has 0 radical (unpaired) electrons. The fourth-order valence-corrected chi connectivity index (χ4v) is 8.32. The molecular weight excluding hydrogens is 731 g/mol. The lowest BCUT2D eigenvalue weighted by Crippen LogP contribution is -2.11. The van der Waals surface area contributed by atoms with Gasteiger partial charge >= 0.3 is 0 Å². The molecule has 0 bridgehead atoms. The molecule has 0 aliphatic rings. The Bertz CT molecular complexity index is 3130. The third-order valence-electron chi connectivity index (χ3n) is 11.3. The molecule has 60 heavy (non-hydrogen) atoms. The summed E-state index contributed by atoms with van der Waals surface area (Å²) in [5.41, 5.74) is 16.6. The van der Waals surface area contributed by atoms with Gasteiger partial charge in [0.15, 0.2) is 0 Å². The van der Waals surface area contributed by atoms with Crippen molar-refractivity contribution < 1.29 is 8.85 Å². The van der Waals surface area contributed by atoms with E-state index in [1.807, 2.05) is 49.5 Å². The van der Waals surface area contributed by atoms with E-state index in [0.717, 1.165) is 72.4 Å². The van der Waals surface area contributed by atoms with Crippen LogP contribution in [0.5, 0.6) is 5.75 Å². The van der Waals surface area contributed by atoms with E-state index in [-0.39, 0.29) is 11.0 Å². The van der Waals surface area contributed by atoms with Crippen molar-refractivity contribution in [2.45, 2.75) is 46.9 Å². The van der Waals surface area contributed by atoms with Crippen molar-refractivity contribution in [3.8, 4) is 78.6 Å². The number of fused-ring (bicyclic) bond motifs is 1. The number of rotatable bonds is 8. The van der Waals surface area contributed by atoms with E-state index < -0.39 is 6.85 Å². The summed E-state index contributed by atoms with van der Waals surface area (Å²) in [5.74, 6) is 1.37. The summed E-state index contributed by atoms with van der Waals surface area (Å²) in [4.78, 5) is 10.5. The number of para-hydroxylation sites is 1. The zero-order valence-corrected chi connectivity index (χ0v) is 34.9. The van der Waals surface area contributed by atoms with Gasteiger partial charge < -0.3 is 4.74 Å². The van der Waals surface area contributed by atoms with Gasteiger partial charge in [0.1, 0.15) is 11.6 Å². The molecule has 7 aromatic carbocycles. The number of aromatic nitrogens is 3. The van der Waals surface area contributed by atoms with E-state index >= 15 is 0 Å². The summed E-state index contributed by atoms with van der Waals surface area (Å²) < 4.78 is 33.8. The van der Waals surface area contributed by atoms with E-state index in [0.29, 0.717) is 17.3 Å². The molecule has 0 aliphatic carbocycles. The fourth-order valence-electron chi connectivity index (χ4n) is 8.32. The lowest BCUT2D eigenvalue weighted by atomic mass is 9.83. The third kappa shape index (κ3) is 7.42. The number of hydrogen-bond acceptors (Lipinski definition) is 3. The first-order valence-corrected chi connectivity index (χ1v) is 20.4. The highest BCUT2D eigenvalue weighted by molar-refractivity contribution is 5.97. The van der Waals surface area contributed by atoms with Crippen LogP contribution in [0.3, 0.4) is 0 Å². The smallest absolute Gasteiger partial charge is 0.149 e. The van der Waals surface area contributed by atoms with E-state index in [1.54, 1.807) is 19.2 Å². The van der Waals surface area contributed by atoms with Gasteiger partial charge in [0.2, 0.25) is 0 Å². The molecule has 9 aromatic rings. The van der Waals surface area contributed by atoms with Crippen LogP contribution in [0.1, 0.15) is 47.1 Å². The van der Waals surface area contributed by atoms with E-state index in [4.69, 9.17) is 18.8 Å². The minimum atomic E-state index is -2.35. The number of methoxy groups -OCH3 is 1. The first-order chi connectivity index (χ1) is 30.2. The highest BCUT2D eigenvalue weighted by Crippen LogP contribution is 2.42. The molecule has 0 saturated carbocycles.